The van der Waals surface area contributed by atoms with Crippen molar-refractivity contribution in [1.29, 1.82) is 0 Å². The minimum absolute atomic E-state index is 0.0193. The molecule has 1 heterocycles. The van der Waals surface area contributed by atoms with Gasteiger partial charge < -0.3 is 23.7 Å². The zero-order valence-electron chi connectivity index (χ0n) is 30.6. The van der Waals surface area contributed by atoms with Gasteiger partial charge in [0.2, 0.25) is 0 Å². The standard InChI is InChI=1S/C43H58O6/c1-6-7-10-38(44)17-19-46-21-23-48-25-24-47-22-20-45-18-8-9-31(2)26-35-13-16-42-39(29-35)34(5)49-43(42)40-14-11-32(3)27-36(40)30-37-28-33(4)12-15-41(37)43/h11-16,27-29,31,34H,6-10,17-26,30H2,1-5H3. The minimum atomic E-state index is -0.553. The highest BCUT2D eigenvalue weighted by atomic mass is 16.6. The van der Waals surface area contributed by atoms with Gasteiger partial charge in [-0.2, -0.15) is 0 Å². The number of Topliss-reactive ketones (excluding diaryl/α,β-unsaturated/α-hetero) is 1. The van der Waals surface area contributed by atoms with E-state index >= 15 is 0 Å². The van der Waals surface area contributed by atoms with E-state index in [0.717, 1.165) is 45.1 Å². The summed E-state index contributed by atoms with van der Waals surface area (Å²) in [7, 11) is 0. The average molecular weight is 671 g/mol. The summed E-state index contributed by atoms with van der Waals surface area (Å²) < 4.78 is 29.5. The van der Waals surface area contributed by atoms with Crippen LogP contribution in [0, 0.1) is 19.8 Å². The van der Waals surface area contributed by atoms with Crippen LogP contribution in [0.25, 0.3) is 0 Å². The molecule has 0 fully saturated rings. The topological polar surface area (TPSA) is 63.2 Å². The maximum absolute atomic E-state index is 11.6. The molecule has 3 aromatic carbocycles. The van der Waals surface area contributed by atoms with E-state index in [1.807, 2.05) is 0 Å². The third-order valence-electron chi connectivity index (χ3n) is 9.97. The second kappa shape index (κ2) is 18.4. The van der Waals surface area contributed by atoms with Gasteiger partial charge in [0.15, 0.2) is 0 Å². The van der Waals surface area contributed by atoms with Gasteiger partial charge in [-0.3, -0.25) is 4.79 Å². The molecule has 0 radical (unpaired) electrons. The molecule has 5 rings (SSSR count). The summed E-state index contributed by atoms with van der Waals surface area (Å²) in [5.41, 5.74) is 11.4. The van der Waals surface area contributed by atoms with E-state index in [4.69, 9.17) is 23.7 Å². The van der Waals surface area contributed by atoms with Crippen molar-refractivity contribution in [3.05, 3.63) is 105 Å². The normalized spacial score (nSPS) is 16.4. The lowest BCUT2D eigenvalue weighted by Crippen LogP contribution is -2.34. The fourth-order valence-electron chi connectivity index (χ4n) is 7.47. The highest BCUT2D eigenvalue weighted by molar-refractivity contribution is 5.78. The molecule has 6 nitrogen and oxygen atoms in total. The van der Waals surface area contributed by atoms with Gasteiger partial charge in [-0.15, -0.1) is 0 Å². The van der Waals surface area contributed by atoms with Gasteiger partial charge in [0.1, 0.15) is 11.4 Å². The molecule has 266 valence electrons. The van der Waals surface area contributed by atoms with Crippen LogP contribution in [-0.2, 0) is 46.9 Å². The van der Waals surface area contributed by atoms with Crippen molar-refractivity contribution < 1.29 is 28.5 Å². The number of ether oxygens (including phenoxy) is 5. The van der Waals surface area contributed by atoms with E-state index in [2.05, 4.69) is 89.2 Å². The fourth-order valence-corrected chi connectivity index (χ4v) is 7.47. The first-order valence-electron chi connectivity index (χ1n) is 18.7. The van der Waals surface area contributed by atoms with Crippen LogP contribution in [0.5, 0.6) is 0 Å². The molecule has 2 unspecified atom stereocenters. The summed E-state index contributed by atoms with van der Waals surface area (Å²) in [6.07, 6.45) is 7.35. The van der Waals surface area contributed by atoms with E-state index < -0.39 is 5.60 Å². The Kier molecular flexibility index (Phi) is 14.0. The molecule has 3 aromatic rings. The Bertz CT molecular complexity index is 1460. The lowest BCUT2D eigenvalue weighted by atomic mass is 9.70. The van der Waals surface area contributed by atoms with E-state index in [0.29, 0.717) is 65.0 Å². The molecule has 49 heavy (non-hydrogen) atoms. The number of aryl methyl sites for hydroxylation is 2. The van der Waals surface area contributed by atoms with E-state index in [1.54, 1.807) is 0 Å². The summed E-state index contributed by atoms with van der Waals surface area (Å²) in [4.78, 5) is 11.6. The Balaban J connectivity index is 1.00. The number of benzene rings is 3. The molecule has 1 aliphatic carbocycles. The Labute approximate surface area is 294 Å². The van der Waals surface area contributed by atoms with Crippen LogP contribution in [0.4, 0.5) is 0 Å². The van der Waals surface area contributed by atoms with E-state index in [9.17, 15) is 4.79 Å². The van der Waals surface area contributed by atoms with Crippen LogP contribution in [0.2, 0.25) is 0 Å². The third-order valence-corrected chi connectivity index (χ3v) is 9.97. The molecule has 2 atom stereocenters. The number of fused-ring (bicyclic) bond motifs is 6. The summed E-state index contributed by atoms with van der Waals surface area (Å²) in [5, 5.41) is 0. The number of rotatable bonds is 21. The zero-order chi connectivity index (χ0) is 34.6. The summed E-state index contributed by atoms with van der Waals surface area (Å²) in [6.45, 7) is 15.5. The van der Waals surface area contributed by atoms with Crippen molar-refractivity contribution >= 4 is 5.78 Å². The van der Waals surface area contributed by atoms with Crippen LogP contribution in [0.3, 0.4) is 0 Å². The smallest absolute Gasteiger partial charge is 0.145 e. The van der Waals surface area contributed by atoms with Crippen molar-refractivity contribution in [3.63, 3.8) is 0 Å². The van der Waals surface area contributed by atoms with Crippen LogP contribution in [0.15, 0.2) is 54.6 Å². The van der Waals surface area contributed by atoms with Crippen LogP contribution < -0.4 is 0 Å². The molecule has 0 amide bonds. The Morgan fingerprint density at radius 2 is 1.33 bits per heavy atom. The second-order valence-corrected chi connectivity index (χ2v) is 14.2. The van der Waals surface area contributed by atoms with Crippen molar-refractivity contribution in [3.8, 4) is 0 Å². The lowest BCUT2D eigenvalue weighted by molar-refractivity contribution is -0.120. The van der Waals surface area contributed by atoms with Crippen molar-refractivity contribution in [2.24, 2.45) is 5.92 Å². The average Bonchev–Trinajstić information content (AvgIpc) is 3.36. The molecule has 0 bridgehead atoms. The molecular formula is C43H58O6. The molecule has 1 spiro atoms. The maximum atomic E-state index is 11.6. The van der Waals surface area contributed by atoms with Gasteiger partial charge in [-0.25, -0.2) is 0 Å². The van der Waals surface area contributed by atoms with Gasteiger partial charge >= 0.3 is 0 Å². The van der Waals surface area contributed by atoms with Crippen LogP contribution in [-0.4, -0.2) is 58.6 Å². The number of carbonyl (C=O) groups is 1. The molecule has 0 aromatic heterocycles. The largest absolute Gasteiger partial charge is 0.379 e. The van der Waals surface area contributed by atoms with Gasteiger partial charge in [-0.1, -0.05) is 86.0 Å². The molecule has 2 aliphatic rings. The van der Waals surface area contributed by atoms with Gasteiger partial charge in [-0.05, 0) is 97.7 Å². The SMILES string of the molecule is CCCCC(=O)CCOCCOCCOCCOCCCC(C)Cc1ccc2c(c1)C(C)OC21c2ccc(C)cc2Cc2cc(C)ccc21. The minimum Gasteiger partial charge on any atom is -0.379 e. The Hall–Kier alpha value is -2.87. The zero-order valence-corrected chi connectivity index (χ0v) is 30.6. The van der Waals surface area contributed by atoms with Crippen LogP contribution >= 0.6 is 0 Å². The lowest BCUT2D eigenvalue weighted by Gasteiger charge is -2.39. The predicted octanol–water partition coefficient (Wildman–Crippen LogP) is 8.77. The first-order valence-corrected chi connectivity index (χ1v) is 18.7. The molecular weight excluding hydrogens is 612 g/mol. The highest BCUT2D eigenvalue weighted by Crippen LogP contribution is 2.55. The number of ketones is 1. The first-order chi connectivity index (χ1) is 23.8. The van der Waals surface area contributed by atoms with Gasteiger partial charge in [0.25, 0.3) is 0 Å². The number of hydrogen-bond acceptors (Lipinski definition) is 6. The fraction of sp³-hybridized carbons (Fsp3) is 0.558. The molecule has 1 aliphatic heterocycles. The summed E-state index contributed by atoms with van der Waals surface area (Å²) >= 11 is 0. The van der Waals surface area contributed by atoms with Crippen molar-refractivity contribution in [1.82, 2.24) is 0 Å². The van der Waals surface area contributed by atoms with E-state index in [1.165, 1.54) is 50.1 Å². The molecule has 0 saturated heterocycles. The first kappa shape index (κ1) is 37.4. The van der Waals surface area contributed by atoms with Gasteiger partial charge in [0, 0.05) is 19.4 Å². The molecule has 0 saturated carbocycles. The predicted molar refractivity (Wildman–Crippen MR) is 196 cm³/mol. The summed E-state index contributed by atoms with van der Waals surface area (Å²) in [5.74, 6) is 0.846. The van der Waals surface area contributed by atoms with E-state index in [-0.39, 0.29) is 11.9 Å². The quantitative estimate of drug-likeness (QED) is 0.106. The van der Waals surface area contributed by atoms with Crippen molar-refractivity contribution in [2.75, 3.05) is 52.9 Å². The third kappa shape index (κ3) is 9.68. The molecule has 6 heteroatoms. The number of unbranched alkanes of at least 4 members (excludes halogenated alkanes) is 1. The monoisotopic (exact) mass is 670 g/mol. The van der Waals surface area contributed by atoms with Gasteiger partial charge in [0.05, 0.1) is 52.4 Å². The number of carbonyl (C=O) groups excluding carboxylic acids is 1. The Morgan fingerprint density at radius 3 is 1.94 bits per heavy atom. The maximum Gasteiger partial charge on any atom is 0.145 e. The van der Waals surface area contributed by atoms with Crippen molar-refractivity contribution in [2.45, 2.75) is 97.7 Å². The summed E-state index contributed by atoms with van der Waals surface area (Å²) in [6, 6.07) is 20.8. The number of hydrogen-bond donors (Lipinski definition) is 0. The second-order valence-electron chi connectivity index (χ2n) is 14.2. The molecule has 0 N–H and O–H groups in total. The van der Waals surface area contributed by atoms with Crippen LogP contribution in [0.1, 0.15) is 115 Å². The highest BCUT2D eigenvalue weighted by Gasteiger charge is 2.50. The Morgan fingerprint density at radius 1 is 0.755 bits per heavy atom.